The maximum absolute atomic E-state index is 13.3. The second-order valence-corrected chi connectivity index (χ2v) is 5.62. The van der Waals surface area contributed by atoms with E-state index in [0.29, 0.717) is 23.8 Å². The van der Waals surface area contributed by atoms with E-state index in [1.54, 1.807) is 28.6 Å². The molecule has 2 aromatic rings. The molecule has 0 amide bonds. The van der Waals surface area contributed by atoms with Crippen molar-refractivity contribution in [2.24, 2.45) is 5.73 Å². The summed E-state index contributed by atoms with van der Waals surface area (Å²) in [5.74, 6) is 1.64. The molecule has 21 heavy (non-hydrogen) atoms. The summed E-state index contributed by atoms with van der Waals surface area (Å²) in [6.45, 7) is 0.277. The van der Waals surface area contributed by atoms with Gasteiger partial charge in [-0.1, -0.05) is 12.1 Å². The van der Waals surface area contributed by atoms with Gasteiger partial charge in [0.1, 0.15) is 11.6 Å². The first kappa shape index (κ1) is 15.9. The molecular weight excluding hydrogens is 291 g/mol. The molecule has 5 nitrogen and oxygen atoms in total. The summed E-state index contributed by atoms with van der Waals surface area (Å²) in [7, 11) is 0. The van der Waals surface area contributed by atoms with Crippen LogP contribution in [0.3, 0.4) is 0 Å². The van der Waals surface area contributed by atoms with Gasteiger partial charge in [-0.3, -0.25) is 0 Å². The zero-order valence-corrected chi connectivity index (χ0v) is 12.7. The lowest BCUT2D eigenvalue weighted by Crippen LogP contribution is -2.19. The summed E-state index contributed by atoms with van der Waals surface area (Å²) in [5, 5.41) is 13.5. The van der Waals surface area contributed by atoms with E-state index in [9.17, 15) is 4.39 Å². The first-order valence-electron chi connectivity index (χ1n) is 6.71. The lowest BCUT2D eigenvalue weighted by molar-refractivity contribution is 0.265. The van der Waals surface area contributed by atoms with Crippen molar-refractivity contribution in [3.8, 4) is 11.4 Å². The van der Waals surface area contributed by atoms with E-state index in [1.807, 2.05) is 6.26 Å². The van der Waals surface area contributed by atoms with Crippen molar-refractivity contribution < 1.29 is 9.50 Å². The van der Waals surface area contributed by atoms with Crippen LogP contribution in [0.25, 0.3) is 11.4 Å². The number of aliphatic hydroxyl groups excluding tert-OH is 1. The fourth-order valence-corrected chi connectivity index (χ4v) is 2.50. The van der Waals surface area contributed by atoms with E-state index in [-0.39, 0.29) is 18.5 Å². The van der Waals surface area contributed by atoms with Crippen LogP contribution in [0.2, 0.25) is 0 Å². The van der Waals surface area contributed by atoms with E-state index in [1.165, 1.54) is 12.1 Å². The quantitative estimate of drug-likeness (QED) is 0.816. The predicted octanol–water partition coefficient (Wildman–Crippen LogP) is 1.83. The Bertz CT molecular complexity index is 590. The van der Waals surface area contributed by atoms with Gasteiger partial charge in [-0.15, -0.1) is 0 Å². The Morgan fingerprint density at radius 3 is 2.95 bits per heavy atom. The topological polar surface area (TPSA) is 77.0 Å². The van der Waals surface area contributed by atoms with Crippen LogP contribution in [-0.4, -0.2) is 38.5 Å². The molecule has 1 aromatic carbocycles. The SMILES string of the molecule is CSCCC(N)c1nc(-c2cccc(F)c2)nn1CCO. The molecule has 0 spiro atoms. The number of aromatic nitrogens is 3. The standard InChI is InChI=1S/C14H19FN4OS/c1-21-8-5-12(16)14-17-13(18-19(14)6-7-20)10-3-2-4-11(15)9-10/h2-4,9,12,20H,5-8,16H2,1H3. The van der Waals surface area contributed by atoms with E-state index in [0.717, 1.165) is 12.2 Å². The predicted molar refractivity (Wildman–Crippen MR) is 82.4 cm³/mol. The molecule has 3 N–H and O–H groups in total. The minimum Gasteiger partial charge on any atom is -0.394 e. The Hall–Kier alpha value is -1.44. The molecule has 0 aliphatic heterocycles. The van der Waals surface area contributed by atoms with E-state index in [4.69, 9.17) is 10.8 Å². The number of hydrogen-bond acceptors (Lipinski definition) is 5. The second-order valence-electron chi connectivity index (χ2n) is 4.64. The molecule has 1 heterocycles. The van der Waals surface area contributed by atoms with Gasteiger partial charge >= 0.3 is 0 Å². The van der Waals surface area contributed by atoms with Crippen LogP contribution in [0.1, 0.15) is 18.3 Å². The van der Waals surface area contributed by atoms with Gasteiger partial charge in [0, 0.05) is 5.56 Å². The first-order valence-corrected chi connectivity index (χ1v) is 8.11. The third kappa shape index (κ3) is 4.03. The third-order valence-corrected chi connectivity index (χ3v) is 3.70. The van der Waals surface area contributed by atoms with Crippen molar-refractivity contribution in [2.45, 2.75) is 19.0 Å². The molecule has 7 heteroatoms. The fraction of sp³-hybridized carbons (Fsp3) is 0.429. The number of aliphatic hydroxyl groups is 1. The lowest BCUT2D eigenvalue weighted by Gasteiger charge is -2.10. The van der Waals surface area contributed by atoms with Crippen LogP contribution in [0.4, 0.5) is 4.39 Å². The summed E-state index contributed by atoms with van der Waals surface area (Å²) < 4.78 is 14.9. The maximum atomic E-state index is 13.3. The van der Waals surface area contributed by atoms with Gasteiger partial charge in [0.15, 0.2) is 5.82 Å². The highest BCUT2D eigenvalue weighted by molar-refractivity contribution is 7.98. The Morgan fingerprint density at radius 2 is 2.29 bits per heavy atom. The van der Waals surface area contributed by atoms with E-state index in [2.05, 4.69) is 10.1 Å². The van der Waals surface area contributed by atoms with Gasteiger partial charge in [0.05, 0.1) is 19.2 Å². The molecule has 1 atom stereocenters. The average Bonchev–Trinajstić information content (AvgIpc) is 2.89. The molecule has 2 rings (SSSR count). The number of benzene rings is 1. The minimum atomic E-state index is -0.334. The third-order valence-electron chi connectivity index (χ3n) is 3.06. The van der Waals surface area contributed by atoms with Crippen molar-refractivity contribution in [3.63, 3.8) is 0 Å². The number of rotatable bonds is 7. The van der Waals surface area contributed by atoms with Crippen molar-refractivity contribution in [1.29, 1.82) is 0 Å². The van der Waals surface area contributed by atoms with Gasteiger partial charge < -0.3 is 10.8 Å². The van der Waals surface area contributed by atoms with E-state index < -0.39 is 0 Å². The monoisotopic (exact) mass is 310 g/mol. The molecule has 0 fully saturated rings. The van der Waals surface area contributed by atoms with Gasteiger partial charge in [0.2, 0.25) is 0 Å². The molecular formula is C14H19FN4OS. The summed E-state index contributed by atoms with van der Waals surface area (Å²) in [6, 6.07) is 5.87. The summed E-state index contributed by atoms with van der Waals surface area (Å²) in [4.78, 5) is 4.43. The molecule has 0 radical (unpaired) electrons. The van der Waals surface area contributed by atoms with Crippen LogP contribution in [-0.2, 0) is 6.54 Å². The number of hydrogen-bond donors (Lipinski definition) is 2. The molecule has 0 bridgehead atoms. The molecule has 1 unspecified atom stereocenters. The van der Waals surface area contributed by atoms with Crippen molar-refractivity contribution in [3.05, 3.63) is 35.9 Å². The van der Waals surface area contributed by atoms with Gasteiger partial charge in [-0.25, -0.2) is 14.1 Å². The smallest absolute Gasteiger partial charge is 0.181 e. The Morgan fingerprint density at radius 1 is 1.48 bits per heavy atom. The van der Waals surface area contributed by atoms with Crippen molar-refractivity contribution in [2.75, 3.05) is 18.6 Å². The molecule has 0 aliphatic rings. The Kier molecular flexibility index (Phi) is 5.72. The van der Waals surface area contributed by atoms with Crippen molar-refractivity contribution in [1.82, 2.24) is 14.8 Å². The molecule has 1 aromatic heterocycles. The fourth-order valence-electron chi connectivity index (χ4n) is 2.01. The molecule has 114 valence electrons. The second kappa shape index (κ2) is 7.53. The number of nitrogens with two attached hydrogens (primary N) is 1. The zero-order valence-electron chi connectivity index (χ0n) is 11.9. The highest BCUT2D eigenvalue weighted by Crippen LogP contribution is 2.21. The summed E-state index contributed by atoms with van der Waals surface area (Å²) in [5.41, 5.74) is 6.74. The molecule has 0 saturated heterocycles. The Labute approximate surface area is 127 Å². The Balaban J connectivity index is 2.32. The van der Waals surface area contributed by atoms with Crippen LogP contribution in [0, 0.1) is 5.82 Å². The number of halogens is 1. The van der Waals surface area contributed by atoms with E-state index >= 15 is 0 Å². The molecule has 0 aliphatic carbocycles. The van der Waals surface area contributed by atoms with Gasteiger partial charge in [0.25, 0.3) is 0 Å². The minimum absolute atomic E-state index is 0.0474. The average molecular weight is 310 g/mol. The number of thioether (sulfide) groups is 1. The highest BCUT2D eigenvalue weighted by atomic mass is 32.2. The van der Waals surface area contributed by atoms with Crippen molar-refractivity contribution >= 4 is 11.8 Å². The lowest BCUT2D eigenvalue weighted by atomic mass is 10.2. The highest BCUT2D eigenvalue weighted by Gasteiger charge is 2.17. The largest absolute Gasteiger partial charge is 0.394 e. The summed E-state index contributed by atoms with van der Waals surface area (Å²) >= 11 is 1.71. The zero-order chi connectivity index (χ0) is 15.2. The van der Waals surface area contributed by atoms with Gasteiger partial charge in [-0.05, 0) is 30.6 Å². The summed E-state index contributed by atoms with van der Waals surface area (Å²) in [6.07, 6.45) is 2.79. The van der Waals surface area contributed by atoms with Crippen LogP contribution >= 0.6 is 11.8 Å². The van der Waals surface area contributed by atoms with Crippen LogP contribution < -0.4 is 5.73 Å². The first-order chi connectivity index (χ1) is 10.2. The van der Waals surface area contributed by atoms with Crippen LogP contribution in [0.5, 0.6) is 0 Å². The molecule has 0 saturated carbocycles. The van der Waals surface area contributed by atoms with Crippen LogP contribution in [0.15, 0.2) is 24.3 Å². The normalized spacial score (nSPS) is 12.6. The number of nitrogens with zero attached hydrogens (tertiary/aromatic N) is 3. The maximum Gasteiger partial charge on any atom is 0.181 e. The van der Waals surface area contributed by atoms with Gasteiger partial charge in [-0.2, -0.15) is 16.9 Å².